The molecule has 0 aromatic heterocycles. The second-order valence-corrected chi connectivity index (χ2v) is 4.17. The third-order valence-electron chi connectivity index (χ3n) is 1.72. The third kappa shape index (κ3) is 4.06. The van der Waals surface area contributed by atoms with E-state index in [0.717, 1.165) is 31.1 Å². The van der Waals surface area contributed by atoms with Gasteiger partial charge in [-0.3, -0.25) is 4.21 Å². The van der Waals surface area contributed by atoms with Crippen LogP contribution in [0.4, 0.5) is 0 Å². The van der Waals surface area contributed by atoms with Gasteiger partial charge in [0.25, 0.3) is 0 Å². The van der Waals surface area contributed by atoms with Crippen LogP contribution in [-0.4, -0.2) is 46.8 Å². The topological polar surface area (TPSA) is 46.3 Å². The highest BCUT2D eigenvalue weighted by atomic mass is 35.5. The molecule has 1 fully saturated rings. The molecule has 1 aliphatic rings. The number of nitrogens with two attached hydrogens (primary N) is 1. The van der Waals surface area contributed by atoms with Gasteiger partial charge in [-0.1, -0.05) is 0 Å². The van der Waals surface area contributed by atoms with Crippen LogP contribution < -0.4 is 5.73 Å². The maximum absolute atomic E-state index is 10.9. The molecule has 11 heavy (non-hydrogen) atoms. The lowest BCUT2D eigenvalue weighted by molar-refractivity contribution is 0.308. The maximum Gasteiger partial charge on any atom is 0.0363 e. The monoisotopic (exact) mass is 198 g/mol. The fraction of sp³-hybridized carbons (Fsp3) is 1.00. The fourth-order valence-electron chi connectivity index (χ4n) is 1.08. The molecule has 0 radical (unpaired) electrons. The van der Waals surface area contributed by atoms with Crippen molar-refractivity contribution < 1.29 is 4.21 Å². The maximum atomic E-state index is 10.9. The molecule has 1 aliphatic heterocycles. The van der Waals surface area contributed by atoms with Gasteiger partial charge >= 0.3 is 0 Å². The van der Waals surface area contributed by atoms with Crippen LogP contribution in [0.5, 0.6) is 0 Å². The van der Waals surface area contributed by atoms with Crippen LogP contribution in [0.1, 0.15) is 0 Å². The predicted molar refractivity (Wildman–Crippen MR) is 50.6 cm³/mol. The van der Waals surface area contributed by atoms with Gasteiger partial charge in [-0.25, -0.2) is 0 Å². The first-order chi connectivity index (χ1) is 4.83. The van der Waals surface area contributed by atoms with Crippen molar-refractivity contribution in [3.05, 3.63) is 0 Å². The van der Waals surface area contributed by atoms with E-state index >= 15 is 0 Å². The molecule has 0 unspecified atom stereocenters. The molecule has 5 heteroatoms. The second-order valence-electron chi connectivity index (χ2n) is 2.48. The first kappa shape index (κ1) is 11.4. The Hall–Kier alpha value is 0.360. The van der Waals surface area contributed by atoms with Crippen molar-refractivity contribution in [3.8, 4) is 0 Å². The minimum Gasteiger partial charge on any atom is -0.329 e. The molecule has 68 valence electrons. The summed E-state index contributed by atoms with van der Waals surface area (Å²) in [6.07, 6.45) is 0. The van der Waals surface area contributed by atoms with Crippen LogP contribution in [0.15, 0.2) is 0 Å². The number of halogens is 1. The Morgan fingerprint density at radius 3 is 2.36 bits per heavy atom. The van der Waals surface area contributed by atoms with Gasteiger partial charge in [0.15, 0.2) is 0 Å². The summed E-state index contributed by atoms with van der Waals surface area (Å²) in [5, 5.41) is 0. The van der Waals surface area contributed by atoms with Gasteiger partial charge in [-0.2, -0.15) is 0 Å². The fourth-order valence-corrected chi connectivity index (χ4v) is 2.21. The van der Waals surface area contributed by atoms with E-state index in [2.05, 4.69) is 4.90 Å². The molecule has 2 N–H and O–H groups in total. The van der Waals surface area contributed by atoms with E-state index in [4.69, 9.17) is 5.73 Å². The molecule has 0 aliphatic carbocycles. The molecule has 3 nitrogen and oxygen atoms in total. The zero-order valence-corrected chi connectivity index (χ0v) is 8.12. The van der Waals surface area contributed by atoms with E-state index in [1.165, 1.54) is 0 Å². The number of hydrogen-bond acceptors (Lipinski definition) is 3. The molecule has 0 saturated carbocycles. The molecule has 0 amide bonds. The van der Waals surface area contributed by atoms with Gasteiger partial charge < -0.3 is 10.6 Å². The standard InChI is InChI=1S/C6H14N2OS.ClH/c7-1-2-8-3-5-10(9)6-4-8;/h1-7H2;1H. The highest BCUT2D eigenvalue weighted by Gasteiger charge is 2.13. The molecule has 0 aromatic carbocycles. The van der Waals surface area contributed by atoms with Gasteiger partial charge in [-0.15, -0.1) is 12.4 Å². The predicted octanol–water partition coefficient (Wildman–Crippen LogP) is -0.569. The Labute approximate surface area is 76.2 Å². The summed E-state index contributed by atoms with van der Waals surface area (Å²) in [5.41, 5.74) is 5.38. The zero-order chi connectivity index (χ0) is 7.40. The number of nitrogens with zero attached hydrogens (tertiary/aromatic N) is 1. The quantitative estimate of drug-likeness (QED) is 0.647. The van der Waals surface area contributed by atoms with E-state index in [-0.39, 0.29) is 12.4 Å². The van der Waals surface area contributed by atoms with Crippen LogP contribution in [0.3, 0.4) is 0 Å². The van der Waals surface area contributed by atoms with Crippen molar-refractivity contribution >= 4 is 23.2 Å². The van der Waals surface area contributed by atoms with Crippen molar-refractivity contribution in [2.45, 2.75) is 0 Å². The lowest BCUT2D eigenvalue weighted by Gasteiger charge is -2.24. The van der Waals surface area contributed by atoms with Crippen molar-refractivity contribution in [1.82, 2.24) is 4.90 Å². The summed E-state index contributed by atoms with van der Waals surface area (Å²) in [5.74, 6) is 1.67. The molecule has 0 spiro atoms. The minimum atomic E-state index is -0.547. The van der Waals surface area contributed by atoms with E-state index in [0.29, 0.717) is 6.54 Å². The van der Waals surface area contributed by atoms with Crippen molar-refractivity contribution in [2.24, 2.45) is 5.73 Å². The van der Waals surface area contributed by atoms with E-state index < -0.39 is 10.8 Å². The Morgan fingerprint density at radius 1 is 1.36 bits per heavy atom. The Morgan fingerprint density at radius 2 is 1.91 bits per heavy atom. The summed E-state index contributed by atoms with van der Waals surface area (Å²) >= 11 is 0. The van der Waals surface area contributed by atoms with E-state index in [9.17, 15) is 4.21 Å². The van der Waals surface area contributed by atoms with E-state index in [1.54, 1.807) is 0 Å². The molecule has 0 bridgehead atoms. The summed E-state index contributed by atoms with van der Waals surface area (Å²) in [7, 11) is -0.547. The van der Waals surface area contributed by atoms with Crippen LogP contribution in [0.25, 0.3) is 0 Å². The van der Waals surface area contributed by atoms with Crippen LogP contribution in [0, 0.1) is 0 Å². The highest BCUT2D eigenvalue weighted by molar-refractivity contribution is 7.85. The lowest BCUT2D eigenvalue weighted by atomic mass is 10.5. The van der Waals surface area contributed by atoms with E-state index in [1.807, 2.05) is 0 Å². The van der Waals surface area contributed by atoms with Crippen LogP contribution in [0.2, 0.25) is 0 Å². The van der Waals surface area contributed by atoms with Gasteiger partial charge in [-0.05, 0) is 0 Å². The Bertz CT molecular complexity index is 124. The van der Waals surface area contributed by atoms with Gasteiger partial charge in [0, 0.05) is 48.5 Å². The normalized spacial score (nSPS) is 21.2. The largest absolute Gasteiger partial charge is 0.329 e. The summed E-state index contributed by atoms with van der Waals surface area (Å²) in [4.78, 5) is 2.27. The highest BCUT2D eigenvalue weighted by Crippen LogP contribution is 1.97. The smallest absolute Gasteiger partial charge is 0.0363 e. The lowest BCUT2D eigenvalue weighted by Crippen LogP contribution is -2.40. The molecule has 0 aromatic rings. The average molecular weight is 199 g/mol. The summed E-state index contributed by atoms with van der Waals surface area (Å²) in [6, 6.07) is 0. The summed E-state index contributed by atoms with van der Waals surface area (Å²) < 4.78 is 10.9. The van der Waals surface area contributed by atoms with Gasteiger partial charge in [0.1, 0.15) is 0 Å². The minimum absolute atomic E-state index is 0. The molecule has 1 heterocycles. The number of hydrogen-bond donors (Lipinski definition) is 1. The Balaban J connectivity index is 0.000001000. The average Bonchev–Trinajstić information content (AvgIpc) is 1.95. The third-order valence-corrected chi connectivity index (χ3v) is 2.99. The van der Waals surface area contributed by atoms with Gasteiger partial charge in [0.2, 0.25) is 0 Å². The summed E-state index contributed by atoms with van der Waals surface area (Å²) in [6.45, 7) is 3.59. The molecule has 1 saturated heterocycles. The van der Waals surface area contributed by atoms with Crippen molar-refractivity contribution in [3.63, 3.8) is 0 Å². The Kier molecular flexibility index (Phi) is 6.14. The molecular weight excluding hydrogens is 184 g/mol. The first-order valence-electron chi connectivity index (χ1n) is 3.60. The first-order valence-corrected chi connectivity index (χ1v) is 5.09. The molecule has 1 rings (SSSR count). The molecule has 0 atom stereocenters. The van der Waals surface area contributed by atoms with Crippen LogP contribution in [-0.2, 0) is 10.8 Å². The SMILES string of the molecule is Cl.NCCN1CCS(=O)CC1. The van der Waals surface area contributed by atoms with Crippen molar-refractivity contribution in [2.75, 3.05) is 37.7 Å². The van der Waals surface area contributed by atoms with Crippen molar-refractivity contribution in [1.29, 1.82) is 0 Å². The zero-order valence-electron chi connectivity index (χ0n) is 6.49. The van der Waals surface area contributed by atoms with Crippen LogP contribution >= 0.6 is 12.4 Å². The number of rotatable bonds is 2. The second kappa shape index (κ2) is 5.94. The van der Waals surface area contributed by atoms with Gasteiger partial charge in [0.05, 0.1) is 0 Å². The molecular formula is C6H15ClN2OS.